The van der Waals surface area contributed by atoms with Crippen LogP contribution < -0.4 is 0 Å². The summed E-state index contributed by atoms with van der Waals surface area (Å²) >= 11 is 9.93. The summed E-state index contributed by atoms with van der Waals surface area (Å²) < 4.78 is 1.08. The van der Waals surface area contributed by atoms with Crippen molar-refractivity contribution in [1.82, 2.24) is 0 Å². The highest BCUT2D eigenvalue weighted by atomic mass is 79.9. The van der Waals surface area contributed by atoms with E-state index < -0.39 is 0 Å². The minimum atomic E-state index is 0.514. The molecule has 2 aromatic rings. The lowest BCUT2D eigenvalue weighted by Gasteiger charge is -2.12. The third-order valence-corrected chi connectivity index (χ3v) is 4.09. The standard InChI is InChI=1S/C16H16BrCl/c1-10(2)12-5-6-15(17)13(9-12)14-8-11(3)4-7-16(14)18/h4-10H,1-3H3. The summed E-state index contributed by atoms with van der Waals surface area (Å²) in [7, 11) is 0. The van der Waals surface area contributed by atoms with E-state index in [2.05, 4.69) is 61.0 Å². The van der Waals surface area contributed by atoms with Crippen LogP contribution in [0.3, 0.4) is 0 Å². The summed E-state index contributed by atoms with van der Waals surface area (Å²) in [5.41, 5.74) is 4.79. The average molecular weight is 324 g/mol. The van der Waals surface area contributed by atoms with E-state index >= 15 is 0 Å². The first-order chi connectivity index (χ1) is 8.49. The molecule has 0 saturated carbocycles. The second kappa shape index (κ2) is 5.46. The Morgan fingerprint density at radius 2 is 1.72 bits per heavy atom. The second-order valence-electron chi connectivity index (χ2n) is 4.88. The zero-order valence-electron chi connectivity index (χ0n) is 10.8. The van der Waals surface area contributed by atoms with Gasteiger partial charge in [-0.3, -0.25) is 0 Å². The van der Waals surface area contributed by atoms with E-state index in [0.29, 0.717) is 5.92 Å². The van der Waals surface area contributed by atoms with Crippen LogP contribution in [0.2, 0.25) is 5.02 Å². The van der Waals surface area contributed by atoms with Crippen molar-refractivity contribution in [2.24, 2.45) is 0 Å². The Morgan fingerprint density at radius 3 is 2.39 bits per heavy atom. The first-order valence-electron chi connectivity index (χ1n) is 6.05. The number of aryl methyl sites for hydroxylation is 1. The van der Waals surface area contributed by atoms with Gasteiger partial charge in [-0.05, 0) is 48.2 Å². The predicted molar refractivity (Wildman–Crippen MR) is 83.4 cm³/mol. The molecule has 0 aromatic heterocycles. The molecule has 94 valence electrons. The number of hydrogen-bond acceptors (Lipinski definition) is 0. The SMILES string of the molecule is Cc1ccc(Cl)c(-c2cc(C(C)C)ccc2Br)c1. The minimum Gasteiger partial charge on any atom is -0.0837 e. The van der Waals surface area contributed by atoms with Gasteiger partial charge >= 0.3 is 0 Å². The maximum atomic E-state index is 6.31. The van der Waals surface area contributed by atoms with Crippen molar-refractivity contribution in [2.45, 2.75) is 26.7 Å². The van der Waals surface area contributed by atoms with Crippen LogP contribution in [0.4, 0.5) is 0 Å². The van der Waals surface area contributed by atoms with Crippen molar-refractivity contribution in [1.29, 1.82) is 0 Å². The summed E-state index contributed by atoms with van der Waals surface area (Å²) in [5.74, 6) is 0.514. The first-order valence-corrected chi connectivity index (χ1v) is 7.22. The van der Waals surface area contributed by atoms with Crippen LogP contribution in [0.15, 0.2) is 40.9 Å². The molecule has 0 aliphatic heterocycles. The molecule has 2 heteroatoms. The summed E-state index contributed by atoms with van der Waals surface area (Å²) in [4.78, 5) is 0. The van der Waals surface area contributed by atoms with E-state index in [9.17, 15) is 0 Å². The lowest BCUT2D eigenvalue weighted by Crippen LogP contribution is -1.90. The molecule has 0 nitrogen and oxygen atoms in total. The lowest BCUT2D eigenvalue weighted by molar-refractivity contribution is 0.867. The Hall–Kier alpha value is -0.790. The molecule has 0 fully saturated rings. The van der Waals surface area contributed by atoms with Crippen LogP contribution in [-0.4, -0.2) is 0 Å². The van der Waals surface area contributed by atoms with E-state index in [1.807, 2.05) is 12.1 Å². The first kappa shape index (κ1) is 13.6. The van der Waals surface area contributed by atoms with Crippen molar-refractivity contribution >= 4 is 27.5 Å². The van der Waals surface area contributed by atoms with Gasteiger partial charge in [0.05, 0.1) is 0 Å². The molecule has 0 aliphatic rings. The molecule has 0 atom stereocenters. The topological polar surface area (TPSA) is 0 Å². The Labute approximate surface area is 122 Å². The van der Waals surface area contributed by atoms with Crippen LogP contribution in [0.25, 0.3) is 11.1 Å². The van der Waals surface area contributed by atoms with Gasteiger partial charge in [0.2, 0.25) is 0 Å². The molecule has 0 saturated heterocycles. The summed E-state index contributed by atoms with van der Waals surface area (Å²) in [6, 6.07) is 12.6. The van der Waals surface area contributed by atoms with Gasteiger partial charge in [0.1, 0.15) is 0 Å². The predicted octanol–water partition coefficient (Wildman–Crippen LogP) is 6.20. The van der Waals surface area contributed by atoms with Gasteiger partial charge in [-0.2, -0.15) is 0 Å². The largest absolute Gasteiger partial charge is 0.0837 e. The zero-order valence-corrected chi connectivity index (χ0v) is 13.1. The van der Waals surface area contributed by atoms with Gasteiger partial charge in [0, 0.05) is 15.1 Å². The van der Waals surface area contributed by atoms with Crippen molar-refractivity contribution in [3.63, 3.8) is 0 Å². The fourth-order valence-corrected chi connectivity index (χ4v) is 2.63. The molecular formula is C16H16BrCl. The van der Waals surface area contributed by atoms with Crippen LogP contribution in [-0.2, 0) is 0 Å². The van der Waals surface area contributed by atoms with Crippen molar-refractivity contribution in [2.75, 3.05) is 0 Å². The molecule has 2 aromatic carbocycles. The highest BCUT2D eigenvalue weighted by molar-refractivity contribution is 9.10. The van der Waals surface area contributed by atoms with Gasteiger partial charge < -0.3 is 0 Å². The van der Waals surface area contributed by atoms with E-state index in [-0.39, 0.29) is 0 Å². The van der Waals surface area contributed by atoms with Crippen LogP contribution >= 0.6 is 27.5 Å². The second-order valence-corrected chi connectivity index (χ2v) is 6.14. The smallest absolute Gasteiger partial charge is 0.0484 e. The Morgan fingerprint density at radius 1 is 1.00 bits per heavy atom. The fourth-order valence-electron chi connectivity index (χ4n) is 1.95. The minimum absolute atomic E-state index is 0.514. The molecule has 18 heavy (non-hydrogen) atoms. The molecule has 0 amide bonds. The summed E-state index contributed by atoms with van der Waals surface area (Å²) in [5, 5.41) is 0.794. The van der Waals surface area contributed by atoms with Gasteiger partial charge in [0.15, 0.2) is 0 Å². The number of hydrogen-bond donors (Lipinski definition) is 0. The van der Waals surface area contributed by atoms with E-state index in [4.69, 9.17) is 11.6 Å². The normalized spacial score (nSPS) is 11.0. The molecule has 0 aliphatic carbocycles. The number of halogens is 2. The lowest BCUT2D eigenvalue weighted by atomic mass is 9.97. The third-order valence-electron chi connectivity index (χ3n) is 3.07. The molecule has 0 bridgehead atoms. The Balaban J connectivity index is 2.62. The molecule has 0 radical (unpaired) electrons. The molecule has 0 spiro atoms. The van der Waals surface area contributed by atoms with Crippen molar-refractivity contribution in [3.8, 4) is 11.1 Å². The van der Waals surface area contributed by atoms with Crippen LogP contribution in [0.1, 0.15) is 30.9 Å². The number of benzene rings is 2. The van der Waals surface area contributed by atoms with Crippen LogP contribution in [0, 0.1) is 6.92 Å². The van der Waals surface area contributed by atoms with Gasteiger partial charge in [-0.1, -0.05) is 59.1 Å². The molecule has 0 heterocycles. The van der Waals surface area contributed by atoms with E-state index in [1.54, 1.807) is 0 Å². The maximum absolute atomic E-state index is 6.31. The Bertz CT molecular complexity index is 573. The number of rotatable bonds is 2. The molecular weight excluding hydrogens is 308 g/mol. The van der Waals surface area contributed by atoms with Crippen molar-refractivity contribution in [3.05, 3.63) is 57.0 Å². The third kappa shape index (κ3) is 2.78. The van der Waals surface area contributed by atoms with E-state index in [0.717, 1.165) is 20.6 Å². The zero-order chi connectivity index (χ0) is 13.3. The molecule has 0 N–H and O–H groups in total. The fraction of sp³-hybridized carbons (Fsp3) is 0.250. The average Bonchev–Trinajstić information content (AvgIpc) is 2.33. The highest BCUT2D eigenvalue weighted by Crippen LogP contribution is 2.35. The van der Waals surface area contributed by atoms with E-state index in [1.165, 1.54) is 11.1 Å². The van der Waals surface area contributed by atoms with Gasteiger partial charge in [-0.15, -0.1) is 0 Å². The van der Waals surface area contributed by atoms with Gasteiger partial charge in [-0.25, -0.2) is 0 Å². The highest BCUT2D eigenvalue weighted by Gasteiger charge is 2.10. The quantitative estimate of drug-likeness (QED) is 0.617. The van der Waals surface area contributed by atoms with Crippen molar-refractivity contribution < 1.29 is 0 Å². The summed E-state index contributed by atoms with van der Waals surface area (Å²) in [6.45, 7) is 6.48. The monoisotopic (exact) mass is 322 g/mol. The van der Waals surface area contributed by atoms with Gasteiger partial charge in [0.25, 0.3) is 0 Å². The summed E-state index contributed by atoms with van der Waals surface area (Å²) in [6.07, 6.45) is 0. The molecule has 0 unspecified atom stereocenters. The molecule has 2 rings (SSSR count). The Kier molecular flexibility index (Phi) is 4.14. The van der Waals surface area contributed by atoms with Crippen LogP contribution in [0.5, 0.6) is 0 Å². The maximum Gasteiger partial charge on any atom is 0.0484 e.